The Morgan fingerprint density at radius 3 is 2.52 bits per heavy atom. The number of rotatable bonds is 4. The Hall–Kier alpha value is -2.41. The molecule has 1 heterocycles. The van der Waals surface area contributed by atoms with Gasteiger partial charge in [0, 0.05) is 5.69 Å². The SMILES string of the molecule is Cc1cccc(C(C)C)c1NC(=O)c1sc(NC(=O)O)nc1C. The number of anilines is 2. The highest BCUT2D eigenvalue weighted by atomic mass is 32.1. The molecule has 2 rings (SSSR count). The third-order valence-electron chi connectivity index (χ3n) is 3.38. The molecule has 0 aliphatic rings. The first kappa shape index (κ1) is 17.0. The molecular formula is C16H19N3O3S. The number of hydrogen-bond acceptors (Lipinski definition) is 4. The summed E-state index contributed by atoms with van der Waals surface area (Å²) >= 11 is 1.02. The van der Waals surface area contributed by atoms with Crippen molar-refractivity contribution in [3.8, 4) is 0 Å². The van der Waals surface area contributed by atoms with Gasteiger partial charge >= 0.3 is 6.09 Å². The summed E-state index contributed by atoms with van der Waals surface area (Å²) in [5, 5.41) is 14.0. The molecule has 0 bridgehead atoms. The van der Waals surface area contributed by atoms with Gasteiger partial charge in [-0.2, -0.15) is 0 Å². The van der Waals surface area contributed by atoms with Gasteiger partial charge < -0.3 is 10.4 Å². The molecule has 0 aliphatic carbocycles. The predicted octanol–water partition coefficient (Wildman–Crippen LogP) is 4.23. The maximum atomic E-state index is 12.5. The van der Waals surface area contributed by atoms with E-state index < -0.39 is 6.09 Å². The molecule has 0 saturated heterocycles. The summed E-state index contributed by atoms with van der Waals surface area (Å²) in [4.78, 5) is 27.7. The molecule has 0 aliphatic heterocycles. The first-order valence-corrected chi connectivity index (χ1v) is 7.99. The van der Waals surface area contributed by atoms with Crippen molar-refractivity contribution in [3.63, 3.8) is 0 Å². The number of hydrogen-bond donors (Lipinski definition) is 3. The Labute approximate surface area is 138 Å². The quantitative estimate of drug-likeness (QED) is 0.781. The fraction of sp³-hybridized carbons (Fsp3) is 0.312. The molecule has 2 amide bonds. The number of carbonyl (C=O) groups excluding carboxylic acids is 1. The summed E-state index contributed by atoms with van der Waals surface area (Å²) in [6.45, 7) is 7.76. The van der Waals surface area contributed by atoms with E-state index in [2.05, 4.69) is 29.5 Å². The lowest BCUT2D eigenvalue weighted by Crippen LogP contribution is -2.14. The molecule has 0 unspecified atom stereocenters. The normalized spacial score (nSPS) is 10.7. The number of nitrogens with one attached hydrogen (secondary N) is 2. The summed E-state index contributed by atoms with van der Waals surface area (Å²) in [5.41, 5.74) is 3.34. The van der Waals surface area contributed by atoms with Gasteiger partial charge in [-0.05, 0) is 30.9 Å². The molecule has 0 radical (unpaired) electrons. The van der Waals surface area contributed by atoms with E-state index in [4.69, 9.17) is 5.11 Å². The lowest BCUT2D eigenvalue weighted by molar-refractivity contribution is 0.102. The van der Waals surface area contributed by atoms with E-state index >= 15 is 0 Å². The van der Waals surface area contributed by atoms with Gasteiger partial charge in [-0.25, -0.2) is 9.78 Å². The number of nitrogens with zero attached hydrogens (tertiary/aromatic N) is 1. The van der Waals surface area contributed by atoms with Crippen molar-refractivity contribution < 1.29 is 14.7 Å². The molecule has 0 atom stereocenters. The molecule has 0 fully saturated rings. The van der Waals surface area contributed by atoms with E-state index in [1.54, 1.807) is 6.92 Å². The van der Waals surface area contributed by atoms with Gasteiger partial charge in [0.15, 0.2) is 5.13 Å². The van der Waals surface area contributed by atoms with Crippen LogP contribution in [0.25, 0.3) is 0 Å². The van der Waals surface area contributed by atoms with Crippen LogP contribution in [0, 0.1) is 13.8 Å². The minimum absolute atomic E-state index is 0.189. The smallest absolute Gasteiger partial charge is 0.410 e. The molecule has 0 saturated carbocycles. The van der Waals surface area contributed by atoms with Crippen molar-refractivity contribution in [2.45, 2.75) is 33.6 Å². The van der Waals surface area contributed by atoms with Gasteiger partial charge in [-0.15, -0.1) is 0 Å². The molecule has 23 heavy (non-hydrogen) atoms. The van der Waals surface area contributed by atoms with Crippen LogP contribution in [0.2, 0.25) is 0 Å². The standard InChI is InChI=1S/C16H19N3O3S/c1-8(2)11-7-5-6-9(3)12(11)18-14(20)13-10(4)17-15(23-13)19-16(21)22/h5-8H,1-4H3,(H,17,19)(H,18,20)(H,21,22). The van der Waals surface area contributed by atoms with Gasteiger partial charge in [0.1, 0.15) is 4.88 Å². The van der Waals surface area contributed by atoms with Crippen molar-refractivity contribution in [2.24, 2.45) is 0 Å². The second kappa shape index (κ2) is 6.78. The fourth-order valence-corrected chi connectivity index (χ4v) is 3.12. The van der Waals surface area contributed by atoms with Crippen molar-refractivity contribution in [1.82, 2.24) is 4.98 Å². The highest BCUT2D eigenvalue weighted by Gasteiger charge is 2.19. The lowest BCUT2D eigenvalue weighted by Gasteiger charge is -2.16. The maximum absolute atomic E-state index is 12.5. The summed E-state index contributed by atoms with van der Waals surface area (Å²) < 4.78 is 0. The van der Waals surface area contributed by atoms with Gasteiger partial charge in [0.05, 0.1) is 5.69 Å². The van der Waals surface area contributed by atoms with Crippen molar-refractivity contribution >= 4 is 34.2 Å². The van der Waals surface area contributed by atoms with E-state index in [-0.39, 0.29) is 17.0 Å². The molecular weight excluding hydrogens is 314 g/mol. The van der Waals surface area contributed by atoms with E-state index in [0.29, 0.717) is 10.6 Å². The van der Waals surface area contributed by atoms with Gasteiger partial charge in [-0.1, -0.05) is 43.4 Å². The van der Waals surface area contributed by atoms with E-state index in [9.17, 15) is 9.59 Å². The van der Waals surface area contributed by atoms with Crippen molar-refractivity contribution in [2.75, 3.05) is 10.6 Å². The lowest BCUT2D eigenvalue weighted by atomic mass is 9.98. The van der Waals surface area contributed by atoms with Gasteiger partial charge in [-0.3, -0.25) is 10.1 Å². The summed E-state index contributed by atoms with van der Waals surface area (Å²) in [6, 6.07) is 5.90. The highest BCUT2D eigenvalue weighted by molar-refractivity contribution is 7.17. The Bertz CT molecular complexity index is 753. The van der Waals surface area contributed by atoms with Crippen LogP contribution in [0.4, 0.5) is 15.6 Å². The average molecular weight is 333 g/mol. The fourth-order valence-electron chi connectivity index (χ4n) is 2.26. The molecule has 2 aromatic rings. The number of para-hydroxylation sites is 1. The Morgan fingerprint density at radius 1 is 1.22 bits per heavy atom. The minimum Gasteiger partial charge on any atom is -0.465 e. The number of aromatic nitrogens is 1. The third kappa shape index (κ3) is 3.87. The Balaban J connectivity index is 2.30. The number of carbonyl (C=O) groups is 2. The molecule has 6 nitrogen and oxygen atoms in total. The summed E-state index contributed by atoms with van der Waals surface area (Å²) in [7, 11) is 0. The maximum Gasteiger partial charge on any atom is 0.410 e. The van der Waals surface area contributed by atoms with Crippen LogP contribution in [0.15, 0.2) is 18.2 Å². The number of carboxylic acid groups (broad SMARTS) is 1. The van der Waals surface area contributed by atoms with Gasteiger partial charge in [0.2, 0.25) is 0 Å². The van der Waals surface area contributed by atoms with E-state index in [1.807, 2.05) is 25.1 Å². The molecule has 7 heteroatoms. The monoisotopic (exact) mass is 333 g/mol. The molecule has 122 valence electrons. The number of amides is 2. The zero-order valence-electron chi connectivity index (χ0n) is 13.4. The molecule has 1 aromatic heterocycles. The summed E-state index contributed by atoms with van der Waals surface area (Å²) in [6.07, 6.45) is -1.20. The van der Waals surface area contributed by atoms with Crippen LogP contribution < -0.4 is 10.6 Å². The summed E-state index contributed by atoms with van der Waals surface area (Å²) in [5.74, 6) is -0.00775. The first-order chi connectivity index (χ1) is 10.8. The topological polar surface area (TPSA) is 91.3 Å². The van der Waals surface area contributed by atoms with Crippen LogP contribution in [0.3, 0.4) is 0 Å². The predicted molar refractivity (Wildman–Crippen MR) is 91.7 cm³/mol. The van der Waals surface area contributed by atoms with Crippen LogP contribution in [-0.2, 0) is 0 Å². The zero-order valence-corrected chi connectivity index (χ0v) is 14.2. The van der Waals surface area contributed by atoms with Crippen LogP contribution in [0.5, 0.6) is 0 Å². The Morgan fingerprint density at radius 2 is 1.91 bits per heavy atom. The largest absolute Gasteiger partial charge is 0.465 e. The van der Waals surface area contributed by atoms with Crippen molar-refractivity contribution in [3.05, 3.63) is 39.9 Å². The van der Waals surface area contributed by atoms with Crippen LogP contribution in [0.1, 0.15) is 46.3 Å². The second-order valence-corrected chi connectivity index (χ2v) is 6.51. The van der Waals surface area contributed by atoms with E-state index in [0.717, 1.165) is 28.2 Å². The first-order valence-electron chi connectivity index (χ1n) is 7.17. The third-order valence-corrected chi connectivity index (χ3v) is 4.45. The number of thiazole rings is 1. The average Bonchev–Trinajstić information content (AvgIpc) is 2.80. The molecule has 0 spiro atoms. The minimum atomic E-state index is -1.20. The second-order valence-electron chi connectivity index (χ2n) is 5.51. The highest BCUT2D eigenvalue weighted by Crippen LogP contribution is 2.29. The van der Waals surface area contributed by atoms with Crippen molar-refractivity contribution in [1.29, 1.82) is 0 Å². The van der Waals surface area contributed by atoms with Crippen LogP contribution >= 0.6 is 11.3 Å². The Kier molecular flexibility index (Phi) is 5.00. The molecule has 1 aromatic carbocycles. The number of benzene rings is 1. The van der Waals surface area contributed by atoms with Crippen LogP contribution in [-0.4, -0.2) is 22.1 Å². The van der Waals surface area contributed by atoms with Gasteiger partial charge in [0.25, 0.3) is 5.91 Å². The number of aryl methyl sites for hydroxylation is 2. The zero-order chi connectivity index (χ0) is 17.1. The molecule has 3 N–H and O–H groups in total. The van der Waals surface area contributed by atoms with E-state index in [1.165, 1.54) is 0 Å².